The Balaban J connectivity index is 2.21. The van der Waals surface area contributed by atoms with Crippen molar-refractivity contribution >= 4 is 17.4 Å². The number of hydrogen-bond donors (Lipinski definition) is 2. The van der Waals surface area contributed by atoms with E-state index in [-0.39, 0.29) is 11.7 Å². The summed E-state index contributed by atoms with van der Waals surface area (Å²) in [4.78, 5) is 17.6. The Kier molecular flexibility index (Phi) is 3.95. The summed E-state index contributed by atoms with van der Waals surface area (Å²) in [5, 5.41) is 11.5. The van der Waals surface area contributed by atoms with Crippen LogP contribution in [-0.2, 0) is 0 Å². The fourth-order valence-corrected chi connectivity index (χ4v) is 1.71. The van der Waals surface area contributed by atoms with Crippen LogP contribution < -0.4 is 10.6 Å². The number of anilines is 1. The predicted molar refractivity (Wildman–Crippen MR) is 75.9 cm³/mol. The Morgan fingerprint density at radius 2 is 1.95 bits per heavy atom. The van der Waals surface area contributed by atoms with Gasteiger partial charge in [0.2, 0.25) is 0 Å². The van der Waals surface area contributed by atoms with E-state index < -0.39 is 0 Å². The molecule has 102 valence electrons. The molecule has 0 radical (unpaired) electrons. The molecule has 1 aromatic carbocycles. The number of benzene rings is 1. The molecule has 1 aromatic heterocycles. The molecular formula is C14H14N4O2. The standard InChI is InChI=1S/C14H14N4O2/c1-18(14(19)11-3-2-8-16-9-11)12-6-4-10(5-7-12)13(15)17-20/h2-9,20H,1H3,(H2,15,17). The third kappa shape index (κ3) is 2.74. The number of rotatable bonds is 3. The minimum absolute atomic E-state index is 0.0257. The van der Waals surface area contributed by atoms with Crippen molar-refractivity contribution in [2.75, 3.05) is 11.9 Å². The molecule has 0 bridgehead atoms. The zero-order valence-electron chi connectivity index (χ0n) is 10.9. The van der Waals surface area contributed by atoms with E-state index in [1.54, 1.807) is 49.6 Å². The molecule has 0 atom stereocenters. The van der Waals surface area contributed by atoms with E-state index in [2.05, 4.69) is 10.1 Å². The van der Waals surface area contributed by atoms with E-state index >= 15 is 0 Å². The summed E-state index contributed by atoms with van der Waals surface area (Å²) in [6, 6.07) is 10.2. The Morgan fingerprint density at radius 1 is 1.25 bits per heavy atom. The molecule has 1 heterocycles. The molecule has 20 heavy (non-hydrogen) atoms. The number of nitrogens with zero attached hydrogens (tertiary/aromatic N) is 3. The molecule has 6 heteroatoms. The molecule has 0 aliphatic rings. The van der Waals surface area contributed by atoms with Crippen LogP contribution in [0.3, 0.4) is 0 Å². The largest absolute Gasteiger partial charge is 0.409 e. The van der Waals surface area contributed by atoms with Crippen LogP contribution >= 0.6 is 0 Å². The van der Waals surface area contributed by atoms with Gasteiger partial charge in [0.25, 0.3) is 5.91 Å². The Hall–Kier alpha value is -2.89. The first-order valence-corrected chi connectivity index (χ1v) is 5.89. The van der Waals surface area contributed by atoms with E-state index in [0.29, 0.717) is 16.8 Å². The van der Waals surface area contributed by atoms with Crippen molar-refractivity contribution in [2.24, 2.45) is 10.9 Å². The van der Waals surface area contributed by atoms with Crippen LogP contribution in [0.1, 0.15) is 15.9 Å². The first kappa shape index (κ1) is 13.5. The molecule has 6 nitrogen and oxygen atoms in total. The minimum atomic E-state index is -0.158. The van der Waals surface area contributed by atoms with Gasteiger partial charge in [-0.05, 0) is 36.4 Å². The number of aromatic nitrogens is 1. The summed E-state index contributed by atoms with van der Waals surface area (Å²) in [5.41, 5.74) is 7.28. The molecule has 1 amide bonds. The van der Waals surface area contributed by atoms with Gasteiger partial charge in [0.15, 0.2) is 5.84 Å². The van der Waals surface area contributed by atoms with E-state index in [0.717, 1.165) is 0 Å². The number of amidine groups is 1. The minimum Gasteiger partial charge on any atom is -0.409 e. The number of carbonyl (C=O) groups is 1. The normalized spacial score (nSPS) is 11.2. The number of pyridine rings is 1. The molecule has 3 N–H and O–H groups in total. The molecule has 0 unspecified atom stereocenters. The van der Waals surface area contributed by atoms with Crippen LogP contribution in [-0.4, -0.2) is 29.0 Å². The molecule has 0 aliphatic carbocycles. The number of amides is 1. The van der Waals surface area contributed by atoms with Gasteiger partial charge in [-0.1, -0.05) is 5.16 Å². The quantitative estimate of drug-likeness (QED) is 0.382. The monoisotopic (exact) mass is 270 g/mol. The summed E-state index contributed by atoms with van der Waals surface area (Å²) < 4.78 is 0. The number of oxime groups is 1. The molecule has 0 fully saturated rings. The maximum Gasteiger partial charge on any atom is 0.259 e. The lowest BCUT2D eigenvalue weighted by Gasteiger charge is -2.17. The lowest BCUT2D eigenvalue weighted by Crippen LogP contribution is -2.26. The summed E-state index contributed by atoms with van der Waals surface area (Å²) in [5.74, 6) is -0.132. The highest BCUT2D eigenvalue weighted by atomic mass is 16.4. The van der Waals surface area contributed by atoms with E-state index in [1.165, 1.54) is 11.1 Å². The van der Waals surface area contributed by atoms with Crippen molar-refractivity contribution in [3.63, 3.8) is 0 Å². The Morgan fingerprint density at radius 3 is 2.50 bits per heavy atom. The molecule has 2 aromatic rings. The van der Waals surface area contributed by atoms with Gasteiger partial charge in [-0.25, -0.2) is 0 Å². The van der Waals surface area contributed by atoms with Crippen molar-refractivity contribution in [3.8, 4) is 0 Å². The van der Waals surface area contributed by atoms with Crippen molar-refractivity contribution in [1.29, 1.82) is 0 Å². The zero-order valence-corrected chi connectivity index (χ0v) is 10.9. The van der Waals surface area contributed by atoms with Crippen LogP contribution in [0.15, 0.2) is 53.9 Å². The number of carbonyl (C=O) groups excluding carboxylic acids is 1. The van der Waals surface area contributed by atoms with Crippen LogP contribution in [0, 0.1) is 0 Å². The predicted octanol–water partition coefficient (Wildman–Crippen LogP) is 1.45. The van der Waals surface area contributed by atoms with Crippen LogP contribution in [0.4, 0.5) is 5.69 Å². The maximum absolute atomic E-state index is 12.2. The maximum atomic E-state index is 12.2. The van der Waals surface area contributed by atoms with Crippen LogP contribution in [0.25, 0.3) is 0 Å². The molecule has 0 saturated carbocycles. The lowest BCUT2D eigenvalue weighted by atomic mass is 10.1. The highest BCUT2D eigenvalue weighted by Gasteiger charge is 2.13. The highest BCUT2D eigenvalue weighted by molar-refractivity contribution is 6.05. The molecule has 2 rings (SSSR count). The summed E-state index contributed by atoms with van der Waals surface area (Å²) in [7, 11) is 1.67. The fraction of sp³-hybridized carbons (Fsp3) is 0.0714. The van der Waals surface area contributed by atoms with Gasteiger partial charge in [0.05, 0.1) is 5.56 Å². The van der Waals surface area contributed by atoms with Gasteiger partial charge >= 0.3 is 0 Å². The van der Waals surface area contributed by atoms with Crippen molar-refractivity contribution in [1.82, 2.24) is 4.98 Å². The smallest absolute Gasteiger partial charge is 0.259 e. The van der Waals surface area contributed by atoms with Gasteiger partial charge in [0, 0.05) is 30.7 Å². The van der Waals surface area contributed by atoms with E-state index in [9.17, 15) is 4.79 Å². The highest BCUT2D eigenvalue weighted by Crippen LogP contribution is 2.16. The first-order valence-electron chi connectivity index (χ1n) is 5.89. The molecule has 0 aliphatic heterocycles. The van der Waals surface area contributed by atoms with Crippen LogP contribution in [0.5, 0.6) is 0 Å². The van der Waals surface area contributed by atoms with Gasteiger partial charge in [0.1, 0.15) is 0 Å². The third-order valence-corrected chi connectivity index (χ3v) is 2.87. The summed E-state index contributed by atoms with van der Waals surface area (Å²) in [6.07, 6.45) is 3.13. The van der Waals surface area contributed by atoms with Crippen LogP contribution in [0.2, 0.25) is 0 Å². The SMILES string of the molecule is CN(C(=O)c1cccnc1)c1ccc(C(N)=NO)cc1. The van der Waals surface area contributed by atoms with Crippen molar-refractivity contribution in [2.45, 2.75) is 0 Å². The molecule has 0 saturated heterocycles. The lowest BCUT2D eigenvalue weighted by molar-refractivity contribution is 0.0992. The third-order valence-electron chi connectivity index (χ3n) is 2.87. The van der Waals surface area contributed by atoms with Crippen molar-refractivity contribution < 1.29 is 10.0 Å². The van der Waals surface area contributed by atoms with Gasteiger partial charge in [-0.15, -0.1) is 0 Å². The Labute approximate surface area is 116 Å². The summed E-state index contributed by atoms with van der Waals surface area (Å²) >= 11 is 0. The topological polar surface area (TPSA) is 91.8 Å². The summed E-state index contributed by atoms with van der Waals surface area (Å²) in [6.45, 7) is 0. The van der Waals surface area contributed by atoms with Crippen molar-refractivity contribution in [3.05, 3.63) is 59.9 Å². The molecular weight excluding hydrogens is 256 g/mol. The second-order valence-electron chi connectivity index (χ2n) is 4.14. The van der Waals surface area contributed by atoms with Gasteiger partial charge in [-0.3, -0.25) is 9.78 Å². The van der Waals surface area contributed by atoms with Gasteiger partial charge < -0.3 is 15.8 Å². The first-order chi connectivity index (χ1) is 9.63. The number of hydrogen-bond acceptors (Lipinski definition) is 4. The second-order valence-corrected chi connectivity index (χ2v) is 4.14. The van der Waals surface area contributed by atoms with Gasteiger partial charge in [-0.2, -0.15) is 0 Å². The second kappa shape index (κ2) is 5.83. The average Bonchev–Trinajstić information content (AvgIpc) is 2.53. The Bertz CT molecular complexity index is 623. The molecule has 0 spiro atoms. The zero-order chi connectivity index (χ0) is 14.5. The van der Waals surface area contributed by atoms with E-state index in [1.807, 2.05) is 0 Å². The average molecular weight is 270 g/mol. The number of nitrogens with two attached hydrogens (primary N) is 1. The van der Waals surface area contributed by atoms with E-state index in [4.69, 9.17) is 10.9 Å². The fourth-order valence-electron chi connectivity index (χ4n) is 1.71.